The molecule has 1 aliphatic heterocycles. The Morgan fingerprint density at radius 1 is 1.33 bits per heavy atom. The van der Waals surface area contributed by atoms with Gasteiger partial charge in [-0.25, -0.2) is 0 Å². The van der Waals surface area contributed by atoms with E-state index in [1.807, 2.05) is 0 Å². The standard InChI is InChI=1S/C17H34F3N5O.HI/c1-14(2)11-25-8-9-26-15(12-25)10-23-16(21-3)22-6-5-7-24(4)13-17(18,19)20;/h14-15H,5-13H2,1-4H3,(H2,21,22,23);1H. The summed E-state index contributed by atoms with van der Waals surface area (Å²) in [5.41, 5.74) is 0. The highest BCUT2D eigenvalue weighted by Crippen LogP contribution is 2.15. The minimum atomic E-state index is -4.15. The number of nitrogens with one attached hydrogen (secondary N) is 2. The Morgan fingerprint density at radius 2 is 2.04 bits per heavy atom. The molecule has 27 heavy (non-hydrogen) atoms. The first-order chi connectivity index (χ1) is 12.2. The van der Waals surface area contributed by atoms with E-state index in [0.29, 0.717) is 37.9 Å². The van der Waals surface area contributed by atoms with Crippen molar-refractivity contribution >= 4 is 29.9 Å². The van der Waals surface area contributed by atoms with Crippen LogP contribution in [0, 0.1) is 5.92 Å². The fourth-order valence-electron chi connectivity index (χ4n) is 2.96. The number of hydrogen-bond donors (Lipinski definition) is 2. The molecule has 10 heteroatoms. The minimum Gasteiger partial charge on any atom is -0.374 e. The maximum Gasteiger partial charge on any atom is 0.401 e. The van der Waals surface area contributed by atoms with Crippen molar-refractivity contribution < 1.29 is 17.9 Å². The first-order valence-electron chi connectivity index (χ1n) is 9.23. The predicted octanol–water partition coefficient (Wildman–Crippen LogP) is 2.01. The van der Waals surface area contributed by atoms with Crippen LogP contribution in [-0.2, 0) is 4.74 Å². The van der Waals surface area contributed by atoms with Gasteiger partial charge in [0.1, 0.15) is 0 Å². The molecule has 1 atom stereocenters. The molecule has 6 nitrogen and oxygen atoms in total. The van der Waals surface area contributed by atoms with Crippen molar-refractivity contribution in [2.75, 3.05) is 66.5 Å². The van der Waals surface area contributed by atoms with Crippen molar-refractivity contribution in [3.63, 3.8) is 0 Å². The quantitative estimate of drug-likeness (QED) is 0.216. The van der Waals surface area contributed by atoms with E-state index in [-0.39, 0.29) is 30.1 Å². The molecule has 0 saturated carbocycles. The second kappa shape index (κ2) is 13.8. The van der Waals surface area contributed by atoms with Gasteiger partial charge in [0.05, 0.1) is 19.3 Å². The molecule has 0 aromatic carbocycles. The lowest BCUT2D eigenvalue weighted by Crippen LogP contribution is -2.50. The van der Waals surface area contributed by atoms with Gasteiger partial charge in [0.25, 0.3) is 0 Å². The van der Waals surface area contributed by atoms with Gasteiger partial charge >= 0.3 is 6.18 Å². The van der Waals surface area contributed by atoms with E-state index in [1.165, 1.54) is 11.9 Å². The number of aliphatic imine (C=N–C) groups is 1. The molecule has 2 N–H and O–H groups in total. The number of halogens is 4. The summed E-state index contributed by atoms with van der Waals surface area (Å²) in [6.45, 7) is 8.79. The van der Waals surface area contributed by atoms with Crippen LogP contribution in [0.3, 0.4) is 0 Å². The van der Waals surface area contributed by atoms with Crippen molar-refractivity contribution in [3.8, 4) is 0 Å². The van der Waals surface area contributed by atoms with E-state index in [0.717, 1.165) is 26.2 Å². The predicted molar refractivity (Wildman–Crippen MR) is 114 cm³/mol. The van der Waals surface area contributed by atoms with Gasteiger partial charge in [-0.05, 0) is 25.9 Å². The lowest BCUT2D eigenvalue weighted by molar-refractivity contribution is -0.143. The Bertz CT molecular complexity index is 424. The number of nitrogens with zero attached hydrogens (tertiary/aromatic N) is 3. The van der Waals surface area contributed by atoms with E-state index in [2.05, 4.69) is 34.4 Å². The molecule has 1 unspecified atom stereocenters. The highest BCUT2D eigenvalue weighted by atomic mass is 127. The van der Waals surface area contributed by atoms with Gasteiger partial charge < -0.3 is 15.4 Å². The van der Waals surface area contributed by atoms with Crippen LogP contribution in [-0.4, -0.2) is 94.6 Å². The molecule has 1 rings (SSSR count). The van der Waals surface area contributed by atoms with E-state index >= 15 is 0 Å². The maximum atomic E-state index is 12.3. The minimum absolute atomic E-state index is 0. The summed E-state index contributed by atoms with van der Waals surface area (Å²) in [5, 5.41) is 6.37. The van der Waals surface area contributed by atoms with Crippen LogP contribution in [0.5, 0.6) is 0 Å². The van der Waals surface area contributed by atoms with Crippen LogP contribution in [0.2, 0.25) is 0 Å². The van der Waals surface area contributed by atoms with Gasteiger partial charge in [-0.3, -0.25) is 14.8 Å². The van der Waals surface area contributed by atoms with Gasteiger partial charge in [0, 0.05) is 39.8 Å². The summed E-state index contributed by atoms with van der Waals surface area (Å²) < 4.78 is 42.6. The number of guanidine groups is 1. The molecule has 0 aromatic rings. The van der Waals surface area contributed by atoms with Crippen LogP contribution >= 0.6 is 24.0 Å². The van der Waals surface area contributed by atoms with Gasteiger partial charge in [-0.1, -0.05) is 13.8 Å². The zero-order valence-electron chi connectivity index (χ0n) is 16.8. The van der Waals surface area contributed by atoms with Crippen LogP contribution in [0.4, 0.5) is 13.2 Å². The highest BCUT2D eigenvalue weighted by molar-refractivity contribution is 14.0. The smallest absolute Gasteiger partial charge is 0.374 e. The Morgan fingerprint density at radius 3 is 2.63 bits per heavy atom. The summed E-state index contributed by atoms with van der Waals surface area (Å²) in [7, 11) is 3.15. The van der Waals surface area contributed by atoms with Crippen LogP contribution in [0.15, 0.2) is 4.99 Å². The second-order valence-electron chi connectivity index (χ2n) is 7.23. The van der Waals surface area contributed by atoms with Gasteiger partial charge in [-0.2, -0.15) is 13.2 Å². The summed E-state index contributed by atoms with van der Waals surface area (Å²) in [4.78, 5) is 7.83. The zero-order chi connectivity index (χ0) is 19.6. The Balaban J connectivity index is 0.00000676. The molecule has 162 valence electrons. The molecule has 0 amide bonds. The molecule has 0 spiro atoms. The fourth-order valence-corrected chi connectivity index (χ4v) is 2.96. The number of morpholine rings is 1. The first-order valence-corrected chi connectivity index (χ1v) is 9.23. The lowest BCUT2D eigenvalue weighted by atomic mass is 10.2. The van der Waals surface area contributed by atoms with Crippen molar-refractivity contribution in [2.24, 2.45) is 10.9 Å². The zero-order valence-corrected chi connectivity index (χ0v) is 19.1. The summed E-state index contributed by atoms with van der Waals surface area (Å²) >= 11 is 0. The molecule has 0 aromatic heterocycles. The molecule has 1 heterocycles. The van der Waals surface area contributed by atoms with Gasteiger partial charge in [-0.15, -0.1) is 24.0 Å². The van der Waals surface area contributed by atoms with Crippen LogP contribution < -0.4 is 10.6 Å². The average Bonchev–Trinajstić information content (AvgIpc) is 2.52. The molecule has 0 radical (unpaired) electrons. The number of hydrogen-bond acceptors (Lipinski definition) is 4. The van der Waals surface area contributed by atoms with Gasteiger partial charge in [0.2, 0.25) is 0 Å². The van der Waals surface area contributed by atoms with E-state index in [9.17, 15) is 13.2 Å². The van der Waals surface area contributed by atoms with E-state index in [1.54, 1.807) is 7.05 Å². The molecule has 1 aliphatic rings. The maximum absolute atomic E-state index is 12.3. The van der Waals surface area contributed by atoms with Crippen LogP contribution in [0.25, 0.3) is 0 Å². The molecule has 0 bridgehead atoms. The van der Waals surface area contributed by atoms with Crippen molar-refractivity contribution in [2.45, 2.75) is 32.5 Å². The van der Waals surface area contributed by atoms with Gasteiger partial charge in [0.15, 0.2) is 5.96 Å². The molecular formula is C17H35F3IN5O. The Kier molecular flexibility index (Phi) is 13.6. The van der Waals surface area contributed by atoms with Crippen molar-refractivity contribution in [1.82, 2.24) is 20.4 Å². The Hall–Kier alpha value is -0.330. The summed E-state index contributed by atoms with van der Waals surface area (Å²) in [6, 6.07) is 0. The number of alkyl halides is 3. The van der Waals surface area contributed by atoms with Crippen LogP contribution in [0.1, 0.15) is 20.3 Å². The molecular weight excluding hydrogens is 474 g/mol. The average molecular weight is 509 g/mol. The van der Waals surface area contributed by atoms with Crippen molar-refractivity contribution in [1.29, 1.82) is 0 Å². The Labute approximate surface area is 178 Å². The fraction of sp³-hybridized carbons (Fsp3) is 0.941. The molecule has 1 saturated heterocycles. The third kappa shape index (κ3) is 13.5. The number of ether oxygens (including phenoxy) is 1. The third-order valence-electron chi connectivity index (χ3n) is 4.03. The molecule has 0 aliphatic carbocycles. The van der Waals surface area contributed by atoms with E-state index in [4.69, 9.17) is 4.74 Å². The van der Waals surface area contributed by atoms with E-state index < -0.39 is 12.7 Å². The first kappa shape index (κ1) is 26.7. The molecule has 1 fully saturated rings. The third-order valence-corrected chi connectivity index (χ3v) is 4.03. The topological polar surface area (TPSA) is 52.1 Å². The number of rotatable bonds is 9. The largest absolute Gasteiger partial charge is 0.401 e. The summed E-state index contributed by atoms with van der Waals surface area (Å²) in [6.07, 6.45) is -3.43. The SMILES string of the molecule is CN=C(NCCCN(C)CC(F)(F)F)NCC1CN(CC(C)C)CCO1.I. The normalized spacial score (nSPS) is 19.3. The summed E-state index contributed by atoms with van der Waals surface area (Å²) in [5.74, 6) is 1.28. The monoisotopic (exact) mass is 509 g/mol. The lowest BCUT2D eigenvalue weighted by Gasteiger charge is -2.34. The highest BCUT2D eigenvalue weighted by Gasteiger charge is 2.28. The van der Waals surface area contributed by atoms with Crippen molar-refractivity contribution in [3.05, 3.63) is 0 Å². The second-order valence-corrected chi connectivity index (χ2v) is 7.23.